The van der Waals surface area contributed by atoms with Crippen LogP contribution < -0.4 is 10.6 Å². The quantitative estimate of drug-likeness (QED) is 0.546. The van der Waals surface area contributed by atoms with Crippen LogP contribution in [-0.4, -0.2) is 15.8 Å². The van der Waals surface area contributed by atoms with Crippen molar-refractivity contribution < 1.29 is 4.79 Å². The second-order valence-electron chi connectivity index (χ2n) is 6.93. The van der Waals surface area contributed by atoms with Crippen molar-refractivity contribution in [2.75, 3.05) is 10.6 Å². The number of hydrogen-bond acceptors (Lipinski definition) is 5. The Labute approximate surface area is 173 Å². The number of nitrogens with one attached hydrogen (secondary N) is 2. The average molecular weight is 413 g/mol. The highest BCUT2D eigenvalue weighted by molar-refractivity contribution is 6.35. The lowest BCUT2D eigenvalue weighted by atomic mass is 9.87. The Morgan fingerprint density at radius 1 is 0.929 bits per heavy atom. The first-order chi connectivity index (χ1) is 13.5. The molecule has 5 nitrogen and oxygen atoms in total. The third-order valence-corrected chi connectivity index (χ3v) is 4.93. The number of benzene rings is 2. The zero-order valence-electron chi connectivity index (χ0n) is 15.2. The number of hydrogen-bond donors (Lipinski definition) is 2. The molecule has 0 aliphatic heterocycles. The summed E-state index contributed by atoms with van der Waals surface area (Å²) in [6.07, 6.45) is 1.20. The van der Waals surface area contributed by atoms with Gasteiger partial charge in [0.25, 0.3) is 0 Å². The van der Waals surface area contributed by atoms with Gasteiger partial charge in [0.05, 0.1) is 11.3 Å². The van der Waals surface area contributed by atoms with Crippen molar-refractivity contribution in [3.8, 4) is 0 Å². The largest absolute Gasteiger partial charge is 0.339 e. The predicted molar refractivity (Wildman–Crippen MR) is 113 cm³/mol. The van der Waals surface area contributed by atoms with Crippen LogP contribution in [0.2, 0.25) is 10.0 Å². The first-order valence-electron chi connectivity index (χ1n) is 8.97. The second-order valence-corrected chi connectivity index (χ2v) is 7.80. The van der Waals surface area contributed by atoms with E-state index in [2.05, 4.69) is 27.5 Å². The minimum absolute atomic E-state index is 0.0376. The van der Waals surface area contributed by atoms with E-state index in [9.17, 15) is 4.79 Å². The zero-order chi connectivity index (χ0) is 19.7. The first-order valence-corrected chi connectivity index (χ1v) is 9.73. The molecule has 0 amide bonds. The molecule has 2 N–H and O–H groups in total. The van der Waals surface area contributed by atoms with Crippen LogP contribution in [0.25, 0.3) is 0 Å². The normalized spacial score (nSPS) is 15.8. The molecule has 1 aromatic heterocycles. The van der Waals surface area contributed by atoms with Crippen LogP contribution in [0, 0.1) is 5.92 Å². The van der Waals surface area contributed by atoms with Gasteiger partial charge in [0.2, 0.25) is 5.95 Å². The number of carbonyl (C=O) groups excluding carboxylic acids is 1. The molecule has 0 spiro atoms. The Morgan fingerprint density at radius 2 is 1.64 bits per heavy atom. The van der Waals surface area contributed by atoms with E-state index in [0.29, 0.717) is 39.5 Å². The van der Waals surface area contributed by atoms with Crippen LogP contribution in [0.4, 0.5) is 23.1 Å². The van der Waals surface area contributed by atoms with Gasteiger partial charge in [-0.15, -0.1) is 0 Å². The molecule has 1 aliphatic carbocycles. The second kappa shape index (κ2) is 7.78. The van der Waals surface area contributed by atoms with Crippen molar-refractivity contribution in [2.24, 2.45) is 5.92 Å². The minimum atomic E-state index is 0.0376. The summed E-state index contributed by atoms with van der Waals surface area (Å²) < 4.78 is 0. The molecule has 2 aromatic carbocycles. The molecule has 4 rings (SSSR count). The van der Waals surface area contributed by atoms with Gasteiger partial charge >= 0.3 is 0 Å². The Kier molecular flexibility index (Phi) is 5.20. The SMILES string of the molecule is CC1CC(=O)c2c(nc(Nc3ccccc3)nc2Nc2cc(Cl)cc(Cl)c2)C1. The molecular formula is C21H18Cl2N4O. The fourth-order valence-corrected chi connectivity index (χ4v) is 3.85. The molecule has 28 heavy (non-hydrogen) atoms. The molecule has 0 radical (unpaired) electrons. The maximum Gasteiger partial charge on any atom is 0.229 e. The number of nitrogens with zero attached hydrogens (tertiary/aromatic N) is 2. The summed E-state index contributed by atoms with van der Waals surface area (Å²) in [4.78, 5) is 21.9. The number of aromatic nitrogens is 2. The summed E-state index contributed by atoms with van der Waals surface area (Å²) in [6.45, 7) is 2.05. The van der Waals surface area contributed by atoms with Gasteiger partial charge in [0, 0.05) is 27.8 Å². The maximum absolute atomic E-state index is 12.7. The highest BCUT2D eigenvalue weighted by atomic mass is 35.5. The van der Waals surface area contributed by atoms with Crippen LogP contribution in [0.5, 0.6) is 0 Å². The van der Waals surface area contributed by atoms with Crippen LogP contribution >= 0.6 is 23.2 Å². The van der Waals surface area contributed by atoms with Gasteiger partial charge in [0.15, 0.2) is 5.78 Å². The first kappa shape index (κ1) is 18.7. The Balaban J connectivity index is 1.77. The number of fused-ring (bicyclic) bond motifs is 1. The van der Waals surface area contributed by atoms with Crippen molar-refractivity contribution >= 4 is 52.1 Å². The third-order valence-electron chi connectivity index (χ3n) is 4.49. The van der Waals surface area contributed by atoms with Crippen LogP contribution in [0.1, 0.15) is 29.4 Å². The number of Topliss-reactive ketones (excluding diaryl/α,β-unsaturated/α-hetero) is 1. The highest BCUT2D eigenvalue weighted by Crippen LogP contribution is 2.33. The lowest BCUT2D eigenvalue weighted by molar-refractivity contribution is 0.0953. The maximum atomic E-state index is 12.7. The standard InChI is InChI=1S/C21H18Cl2N4O/c1-12-7-17-19(18(28)8-12)20(24-16-10-13(22)9-14(23)11-16)27-21(26-17)25-15-5-3-2-4-6-15/h2-6,9-12H,7-8H2,1H3,(H2,24,25,26,27). The molecule has 1 unspecified atom stereocenters. The average Bonchev–Trinajstić information content (AvgIpc) is 2.60. The molecule has 142 valence electrons. The van der Waals surface area contributed by atoms with Gasteiger partial charge in [-0.3, -0.25) is 4.79 Å². The third kappa shape index (κ3) is 4.11. The molecule has 0 fully saturated rings. The van der Waals surface area contributed by atoms with E-state index >= 15 is 0 Å². The Bertz CT molecular complexity index is 1020. The number of carbonyl (C=O) groups is 1. The van der Waals surface area contributed by atoms with Crippen molar-refractivity contribution in [1.82, 2.24) is 9.97 Å². The predicted octanol–water partition coefficient (Wildman–Crippen LogP) is 6.04. The monoisotopic (exact) mass is 412 g/mol. The van der Waals surface area contributed by atoms with Crippen molar-refractivity contribution in [3.05, 3.63) is 69.8 Å². The lowest BCUT2D eigenvalue weighted by Crippen LogP contribution is -2.22. The van der Waals surface area contributed by atoms with E-state index in [-0.39, 0.29) is 11.7 Å². The fourth-order valence-electron chi connectivity index (χ4n) is 3.33. The molecule has 7 heteroatoms. The number of halogens is 2. The molecule has 1 atom stereocenters. The fraction of sp³-hybridized carbons (Fsp3) is 0.190. The molecule has 0 saturated heterocycles. The Hall–Kier alpha value is -2.63. The van der Waals surface area contributed by atoms with Gasteiger partial charge in [-0.1, -0.05) is 48.3 Å². The minimum Gasteiger partial charge on any atom is -0.339 e. The van der Waals surface area contributed by atoms with E-state index in [1.807, 2.05) is 30.3 Å². The summed E-state index contributed by atoms with van der Waals surface area (Å²) in [5, 5.41) is 7.41. The van der Waals surface area contributed by atoms with Gasteiger partial charge < -0.3 is 10.6 Å². The number of para-hydroxylation sites is 1. The van der Waals surface area contributed by atoms with Gasteiger partial charge in [-0.2, -0.15) is 4.98 Å². The smallest absolute Gasteiger partial charge is 0.229 e. The molecule has 0 bridgehead atoms. The van der Waals surface area contributed by atoms with Crippen molar-refractivity contribution in [1.29, 1.82) is 0 Å². The van der Waals surface area contributed by atoms with Crippen molar-refractivity contribution in [3.63, 3.8) is 0 Å². The Morgan fingerprint density at radius 3 is 2.36 bits per heavy atom. The van der Waals surface area contributed by atoms with Gasteiger partial charge in [-0.05, 0) is 42.7 Å². The summed E-state index contributed by atoms with van der Waals surface area (Å²) in [5.74, 6) is 1.17. The molecule has 1 heterocycles. The van der Waals surface area contributed by atoms with E-state index in [1.165, 1.54) is 0 Å². The van der Waals surface area contributed by atoms with E-state index in [4.69, 9.17) is 23.2 Å². The highest BCUT2D eigenvalue weighted by Gasteiger charge is 2.28. The molecule has 3 aromatic rings. The summed E-state index contributed by atoms with van der Waals surface area (Å²) in [7, 11) is 0. The van der Waals surface area contributed by atoms with E-state index in [0.717, 1.165) is 17.8 Å². The van der Waals surface area contributed by atoms with Gasteiger partial charge in [-0.25, -0.2) is 4.98 Å². The number of anilines is 4. The summed E-state index contributed by atoms with van der Waals surface area (Å²) in [6, 6.07) is 14.8. The van der Waals surface area contributed by atoms with Crippen LogP contribution in [-0.2, 0) is 6.42 Å². The number of ketones is 1. The summed E-state index contributed by atoms with van der Waals surface area (Å²) >= 11 is 12.2. The number of rotatable bonds is 4. The molecule has 1 aliphatic rings. The van der Waals surface area contributed by atoms with Crippen LogP contribution in [0.15, 0.2) is 48.5 Å². The topological polar surface area (TPSA) is 66.9 Å². The molecule has 0 saturated carbocycles. The zero-order valence-corrected chi connectivity index (χ0v) is 16.7. The van der Waals surface area contributed by atoms with Crippen molar-refractivity contribution in [2.45, 2.75) is 19.8 Å². The van der Waals surface area contributed by atoms with Crippen LogP contribution in [0.3, 0.4) is 0 Å². The van der Waals surface area contributed by atoms with E-state index in [1.54, 1.807) is 18.2 Å². The van der Waals surface area contributed by atoms with Gasteiger partial charge in [0.1, 0.15) is 5.82 Å². The van der Waals surface area contributed by atoms with E-state index < -0.39 is 0 Å². The lowest BCUT2D eigenvalue weighted by Gasteiger charge is -2.23. The molecular weight excluding hydrogens is 395 g/mol. The summed E-state index contributed by atoms with van der Waals surface area (Å²) in [5.41, 5.74) is 2.81.